The number of aromatic nitrogens is 1. The van der Waals surface area contributed by atoms with Crippen molar-refractivity contribution in [1.82, 2.24) is 46.7 Å². The number of fused-ring (bicyclic) bond motifs is 4. The van der Waals surface area contributed by atoms with E-state index >= 15 is 0 Å². The largest absolute Gasteiger partial charge is 0.387 e. The van der Waals surface area contributed by atoms with E-state index in [4.69, 9.17) is 4.98 Å². The molecule has 420 valence electrons. The summed E-state index contributed by atoms with van der Waals surface area (Å²) in [6.45, 7) is 53.0. The van der Waals surface area contributed by atoms with Gasteiger partial charge in [0.15, 0.2) is 0 Å². The van der Waals surface area contributed by atoms with E-state index in [1.807, 2.05) is 6.07 Å². The Bertz CT molecular complexity index is 2970. The molecule has 3 aliphatic heterocycles. The molecule has 1 fully saturated rings. The number of hydrogen-bond donors (Lipinski definition) is 6. The first-order valence-electron chi connectivity index (χ1n) is 29.4. The van der Waals surface area contributed by atoms with Gasteiger partial charge in [0.05, 0.1) is 55.2 Å². The van der Waals surface area contributed by atoms with Gasteiger partial charge >= 0.3 is 0 Å². The molecule has 5 atom stereocenters. The normalized spacial score (nSPS) is 18.7. The molecule has 0 radical (unpaired) electrons. The molecule has 8 rings (SSSR count). The van der Waals surface area contributed by atoms with Crippen LogP contribution < -0.4 is 37.2 Å². The molecule has 5 unspecified atom stereocenters. The Morgan fingerprint density at radius 2 is 1.52 bits per heavy atom. The van der Waals surface area contributed by atoms with E-state index in [0.717, 1.165) is 159 Å². The second-order valence-electron chi connectivity index (χ2n) is 22.9. The number of allylic oxidation sites excluding steroid dienone is 7. The number of rotatable bonds is 31. The highest BCUT2D eigenvalue weighted by Crippen LogP contribution is 2.51. The van der Waals surface area contributed by atoms with E-state index in [0.29, 0.717) is 43.7 Å². The SMILES string of the molecule is C=C(CCCCCN1C(=C)CC(C(CC)CC)C1=C)NCC(=C)NCC(=C)NC(Cc1ccccc1)C(=C)NCC(=C)NCCCC(=C)NC1CCc2c(C)c(P)cc3nc4c(c1c23)CN1C(=C)C2=C(C=C41)C(CC)C(=O)CC2. The van der Waals surface area contributed by atoms with Gasteiger partial charge in [-0.2, -0.15) is 0 Å². The van der Waals surface area contributed by atoms with E-state index in [1.165, 1.54) is 68.3 Å². The topological polar surface area (TPSA) is 109 Å². The number of Topliss-reactive ketones (excluding diaryl/α,β-unsaturated/α-hetero) is 1. The number of nitrogens with one attached hydrogen (secondary N) is 6. The van der Waals surface area contributed by atoms with Crippen molar-refractivity contribution in [2.75, 3.05) is 32.7 Å². The summed E-state index contributed by atoms with van der Waals surface area (Å²) in [6.07, 6.45) is 16.6. The molecule has 1 aromatic heterocycles. The first-order chi connectivity index (χ1) is 38.0. The average molecular weight is 1080 g/mol. The number of hydrogen-bond acceptors (Lipinski definition) is 10. The van der Waals surface area contributed by atoms with Crippen LogP contribution in [-0.2, 0) is 24.2 Å². The highest BCUT2D eigenvalue weighted by Gasteiger charge is 2.41. The first-order valence-corrected chi connectivity index (χ1v) is 30.0. The van der Waals surface area contributed by atoms with Crippen molar-refractivity contribution in [2.24, 2.45) is 17.8 Å². The van der Waals surface area contributed by atoms with Gasteiger partial charge in [-0.1, -0.05) is 130 Å². The van der Waals surface area contributed by atoms with Crippen molar-refractivity contribution in [3.8, 4) is 0 Å². The number of carbonyl (C=O) groups is 1. The number of carbonyl (C=O) groups excluding carboxylic acids is 1. The minimum absolute atomic E-state index is 0.0778. The predicted molar refractivity (Wildman–Crippen MR) is 337 cm³/mol. The summed E-state index contributed by atoms with van der Waals surface area (Å²) in [4.78, 5) is 23.3. The minimum Gasteiger partial charge on any atom is -0.387 e. The highest BCUT2D eigenvalue weighted by molar-refractivity contribution is 7.27. The quantitative estimate of drug-likeness (QED) is 0.0275. The molecular weight excluding hydrogens is 990 g/mol. The van der Waals surface area contributed by atoms with Crippen LogP contribution in [0.1, 0.15) is 144 Å². The Balaban J connectivity index is 0.772. The van der Waals surface area contributed by atoms with Crippen LogP contribution in [0.15, 0.2) is 164 Å². The van der Waals surface area contributed by atoms with Crippen LogP contribution in [-0.4, -0.2) is 59.3 Å². The van der Waals surface area contributed by atoms with Gasteiger partial charge in [0.25, 0.3) is 0 Å². The molecule has 5 aliphatic rings. The van der Waals surface area contributed by atoms with E-state index in [9.17, 15) is 4.79 Å². The lowest BCUT2D eigenvalue weighted by Crippen LogP contribution is -2.40. The van der Waals surface area contributed by atoms with Crippen molar-refractivity contribution in [3.05, 3.63) is 198 Å². The van der Waals surface area contributed by atoms with Crippen molar-refractivity contribution in [1.29, 1.82) is 0 Å². The Labute approximate surface area is 476 Å². The second kappa shape index (κ2) is 26.6. The summed E-state index contributed by atoms with van der Waals surface area (Å²) in [5.74, 6) is 1.50. The van der Waals surface area contributed by atoms with Gasteiger partial charge in [-0.25, -0.2) is 4.98 Å². The van der Waals surface area contributed by atoms with Crippen LogP contribution >= 0.6 is 9.24 Å². The molecule has 2 aromatic carbocycles. The monoisotopic (exact) mass is 1080 g/mol. The van der Waals surface area contributed by atoms with Crippen LogP contribution in [0.5, 0.6) is 0 Å². The number of pyridine rings is 1. The van der Waals surface area contributed by atoms with Crippen LogP contribution in [0.2, 0.25) is 0 Å². The van der Waals surface area contributed by atoms with Crippen molar-refractivity contribution < 1.29 is 4.79 Å². The molecule has 0 bridgehead atoms. The predicted octanol–water partition coefficient (Wildman–Crippen LogP) is 12.8. The third-order valence-electron chi connectivity index (χ3n) is 17.6. The van der Waals surface area contributed by atoms with Crippen molar-refractivity contribution >= 4 is 36.9 Å². The third kappa shape index (κ3) is 13.6. The zero-order chi connectivity index (χ0) is 56.5. The Hall–Kier alpha value is -6.51. The summed E-state index contributed by atoms with van der Waals surface area (Å²) in [7, 11) is 2.95. The fourth-order valence-electron chi connectivity index (χ4n) is 12.9. The first kappa shape index (κ1) is 58.6. The smallest absolute Gasteiger partial charge is 0.140 e. The minimum atomic E-state index is -0.1000. The lowest BCUT2D eigenvalue weighted by molar-refractivity contribution is -0.122. The molecule has 0 amide bonds. The molecule has 11 heteroatoms. The Morgan fingerprint density at radius 3 is 2.27 bits per heavy atom. The van der Waals surface area contributed by atoms with E-state index in [1.54, 1.807) is 0 Å². The third-order valence-corrected chi connectivity index (χ3v) is 18.2. The number of ketones is 1. The van der Waals surface area contributed by atoms with Gasteiger partial charge in [-0.3, -0.25) is 4.79 Å². The fraction of sp³-hybridized carbons (Fsp3) is 0.441. The van der Waals surface area contributed by atoms with E-state index < -0.39 is 0 Å². The maximum Gasteiger partial charge on any atom is 0.140 e. The zero-order valence-electron chi connectivity index (χ0n) is 48.5. The van der Waals surface area contributed by atoms with Gasteiger partial charge in [0.2, 0.25) is 0 Å². The molecule has 4 heterocycles. The molecular formula is C68H92N9OP. The van der Waals surface area contributed by atoms with Gasteiger partial charge in [0, 0.05) is 93.6 Å². The standard InChI is InChI=1S/C68H92N9OP/c1-14-53(15-2)57-34-47(9)76(51(57)13)33-22-18-19-24-42(4)70-38-45(7)71-40-46(8)74-61(35-52-26-20-17-21-27-52)49(11)72-39-44(6)69-32-23-25-43(5)73-60-30-28-55-48(10)65(79)37-62-66(55)67(60)59-41-77-50(12)56-29-31-64(78)54(16-3)58(56)36-63(77)68(59)75-62/h17,20-21,26-27,36-37,53-54,57,60-61,69-74H,4-9,11-16,18-19,22-25,28-35,38-41,79H2,1-3,10H3. The molecule has 2 aliphatic carbocycles. The van der Waals surface area contributed by atoms with Crippen molar-refractivity contribution in [3.63, 3.8) is 0 Å². The number of unbranched alkanes of at least 4 members (excludes halogenated alkanes) is 2. The summed E-state index contributed by atoms with van der Waals surface area (Å²) < 4.78 is 0. The molecule has 6 N–H and O–H groups in total. The van der Waals surface area contributed by atoms with Crippen molar-refractivity contribution in [2.45, 2.75) is 143 Å². The molecule has 0 saturated carbocycles. The molecule has 10 nitrogen and oxygen atoms in total. The van der Waals surface area contributed by atoms with Gasteiger partial charge < -0.3 is 41.7 Å². The summed E-state index contributed by atoms with van der Waals surface area (Å²) in [6, 6.07) is 12.7. The average Bonchev–Trinajstić information content (AvgIpc) is 4.10. The highest BCUT2D eigenvalue weighted by atomic mass is 31.0. The van der Waals surface area contributed by atoms with E-state index in [2.05, 4.69) is 174 Å². The molecule has 0 spiro atoms. The summed E-state index contributed by atoms with van der Waals surface area (Å²) in [5.41, 5.74) is 21.1. The number of nitrogens with zero attached hydrogens (tertiary/aromatic N) is 3. The van der Waals surface area contributed by atoms with E-state index in [-0.39, 0.29) is 18.0 Å². The van der Waals surface area contributed by atoms with Gasteiger partial charge in [0.1, 0.15) is 5.78 Å². The van der Waals surface area contributed by atoms with Crippen LogP contribution in [0.25, 0.3) is 16.6 Å². The fourth-order valence-corrected chi connectivity index (χ4v) is 13.2. The molecule has 3 aromatic rings. The maximum absolute atomic E-state index is 13.1. The maximum atomic E-state index is 13.1. The lowest BCUT2D eigenvalue weighted by Gasteiger charge is -2.35. The van der Waals surface area contributed by atoms with Crippen LogP contribution in [0.3, 0.4) is 0 Å². The summed E-state index contributed by atoms with van der Waals surface area (Å²) in [5, 5.41) is 24.1. The molecule has 1 saturated heterocycles. The number of aryl methyl sites for hydroxylation is 1. The second-order valence-corrected chi connectivity index (χ2v) is 23.5. The number of benzene rings is 2. The van der Waals surface area contributed by atoms with Crippen LogP contribution in [0.4, 0.5) is 0 Å². The molecule has 79 heavy (non-hydrogen) atoms. The summed E-state index contributed by atoms with van der Waals surface area (Å²) >= 11 is 0. The van der Waals surface area contributed by atoms with Gasteiger partial charge in [-0.15, -0.1) is 9.24 Å². The Morgan fingerprint density at radius 1 is 0.810 bits per heavy atom. The lowest BCUT2D eigenvalue weighted by atomic mass is 9.77. The Kier molecular flexibility index (Phi) is 19.8. The zero-order valence-corrected chi connectivity index (χ0v) is 49.6. The van der Waals surface area contributed by atoms with Gasteiger partial charge in [-0.05, 0) is 134 Å². The van der Waals surface area contributed by atoms with Crippen LogP contribution in [0, 0.1) is 24.7 Å². The number of likely N-dealkylation sites (tertiary alicyclic amines) is 1.